The van der Waals surface area contributed by atoms with Crippen LogP contribution in [-0.4, -0.2) is 64.4 Å². The Labute approximate surface area is 164 Å². The molecule has 3 heterocycles. The third-order valence-corrected chi connectivity index (χ3v) is 6.98. The smallest absolute Gasteiger partial charge is 0.336 e. The van der Waals surface area contributed by atoms with Gasteiger partial charge in [-0.2, -0.15) is 0 Å². The first kappa shape index (κ1) is 17.9. The lowest BCUT2D eigenvalue weighted by atomic mass is 9.77. The van der Waals surface area contributed by atoms with E-state index in [2.05, 4.69) is 9.80 Å². The van der Waals surface area contributed by atoms with Gasteiger partial charge >= 0.3 is 5.97 Å². The standard InChI is InChI=1S/C22H27N3O3/c26-20-10-15-13-25(12-14(15)9-19(20)24-7-3-4-8-24)21-11-17(22(27)28)16-5-1-2-6-18(16)23-21/h1-2,5-6,11,14-15,19-20,26H,3-4,7-10,12-13H2,(H,27,28)/t14-,15+,19-,20-/m1/s1. The fraction of sp³-hybridized carbons (Fsp3) is 0.545. The minimum Gasteiger partial charge on any atom is -0.478 e. The van der Waals surface area contributed by atoms with E-state index in [4.69, 9.17) is 4.98 Å². The number of aromatic nitrogens is 1. The van der Waals surface area contributed by atoms with E-state index in [0.717, 1.165) is 50.4 Å². The second-order valence-corrected chi connectivity index (χ2v) is 8.62. The average Bonchev–Trinajstić information content (AvgIpc) is 3.35. The third kappa shape index (κ3) is 3.05. The number of fused-ring (bicyclic) bond motifs is 2. The Balaban J connectivity index is 1.41. The first-order valence-electron chi connectivity index (χ1n) is 10.4. The average molecular weight is 381 g/mol. The van der Waals surface area contributed by atoms with Crippen molar-refractivity contribution in [1.29, 1.82) is 0 Å². The maximum Gasteiger partial charge on any atom is 0.336 e. The monoisotopic (exact) mass is 381 g/mol. The number of nitrogens with zero attached hydrogens (tertiary/aromatic N) is 3. The summed E-state index contributed by atoms with van der Waals surface area (Å²) in [5.41, 5.74) is 1.03. The number of anilines is 1. The zero-order valence-electron chi connectivity index (χ0n) is 16.0. The summed E-state index contributed by atoms with van der Waals surface area (Å²) in [7, 11) is 0. The van der Waals surface area contributed by atoms with Gasteiger partial charge in [-0.05, 0) is 62.7 Å². The lowest BCUT2D eigenvalue weighted by Gasteiger charge is -2.40. The highest BCUT2D eigenvalue weighted by Gasteiger charge is 2.44. The van der Waals surface area contributed by atoms with Crippen molar-refractivity contribution in [2.45, 2.75) is 37.8 Å². The number of carboxylic acid groups (broad SMARTS) is 1. The molecule has 3 fully saturated rings. The Hall–Kier alpha value is -2.18. The van der Waals surface area contributed by atoms with E-state index in [-0.39, 0.29) is 12.1 Å². The first-order valence-corrected chi connectivity index (χ1v) is 10.4. The zero-order chi connectivity index (χ0) is 19.3. The molecule has 2 N–H and O–H groups in total. The number of aliphatic hydroxyl groups excluding tert-OH is 1. The van der Waals surface area contributed by atoms with Crippen LogP contribution >= 0.6 is 0 Å². The number of aromatic carboxylic acids is 1. The molecule has 6 heteroatoms. The van der Waals surface area contributed by atoms with Crippen molar-refractivity contribution in [3.63, 3.8) is 0 Å². The summed E-state index contributed by atoms with van der Waals surface area (Å²) < 4.78 is 0. The van der Waals surface area contributed by atoms with Crippen LogP contribution in [0.1, 0.15) is 36.0 Å². The van der Waals surface area contributed by atoms with Crippen molar-refractivity contribution < 1.29 is 15.0 Å². The zero-order valence-corrected chi connectivity index (χ0v) is 16.0. The first-order chi connectivity index (χ1) is 13.6. The van der Waals surface area contributed by atoms with Gasteiger partial charge < -0.3 is 15.1 Å². The molecular weight excluding hydrogens is 354 g/mol. The van der Waals surface area contributed by atoms with E-state index in [9.17, 15) is 15.0 Å². The third-order valence-electron chi connectivity index (χ3n) is 6.98. The quantitative estimate of drug-likeness (QED) is 0.851. The van der Waals surface area contributed by atoms with Gasteiger partial charge in [0.1, 0.15) is 5.82 Å². The van der Waals surface area contributed by atoms with E-state index < -0.39 is 5.97 Å². The lowest BCUT2D eigenvalue weighted by Crippen LogP contribution is -2.48. The van der Waals surface area contributed by atoms with Gasteiger partial charge in [0, 0.05) is 24.5 Å². The number of para-hydroxylation sites is 1. The Morgan fingerprint density at radius 2 is 1.79 bits per heavy atom. The maximum atomic E-state index is 11.8. The van der Waals surface area contributed by atoms with Crippen LogP contribution in [0.5, 0.6) is 0 Å². The predicted molar refractivity (Wildman–Crippen MR) is 108 cm³/mol. The van der Waals surface area contributed by atoms with Gasteiger partial charge in [0.15, 0.2) is 0 Å². The van der Waals surface area contributed by atoms with Crippen molar-refractivity contribution in [3.8, 4) is 0 Å². The van der Waals surface area contributed by atoms with Gasteiger partial charge in [-0.3, -0.25) is 4.90 Å². The van der Waals surface area contributed by atoms with Crippen LogP contribution < -0.4 is 4.90 Å². The highest BCUT2D eigenvalue weighted by atomic mass is 16.4. The highest BCUT2D eigenvalue weighted by molar-refractivity contribution is 6.03. The van der Waals surface area contributed by atoms with Gasteiger partial charge in [0.2, 0.25) is 0 Å². The minimum absolute atomic E-state index is 0.251. The van der Waals surface area contributed by atoms with E-state index >= 15 is 0 Å². The predicted octanol–water partition coefficient (Wildman–Crippen LogP) is 2.60. The number of hydrogen-bond donors (Lipinski definition) is 2. The molecule has 2 aliphatic heterocycles. The number of hydrogen-bond acceptors (Lipinski definition) is 5. The van der Waals surface area contributed by atoms with Crippen LogP contribution in [0.2, 0.25) is 0 Å². The van der Waals surface area contributed by atoms with Gasteiger partial charge in [0.05, 0.1) is 17.2 Å². The lowest BCUT2D eigenvalue weighted by molar-refractivity contribution is -0.000856. The second kappa shape index (κ2) is 7.01. The SMILES string of the molecule is O=C(O)c1cc(N2C[C@H]3C[C@@H](N4CCCC4)[C@H](O)C[C@H]3C2)nc2ccccc12. The van der Waals surface area contributed by atoms with Crippen LogP contribution in [0.15, 0.2) is 30.3 Å². The van der Waals surface area contributed by atoms with Crippen molar-refractivity contribution >= 4 is 22.7 Å². The molecule has 1 saturated carbocycles. The van der Waals surface area contributed by atoms with E-state index in [1.165, 1.54) is 12.8 Å². The molecule has 1 aromatic carbocycles. The molecule has 4 atom stereocenters. The minimum atomic E-state index is -0.916. The number of carbonyl (C=O) groups is 1. The number of likely N-dealkylation sites (tertiary alicyclic amines) is 1. The molecule has 0 amide bonds. The van der Waals surface area contributed by atoms with Crippen LogP contribution in [0.4, 0.5) is 5.82 Å². The number of benzene rings is 1. The number of carboxylic acids is 1. The number of pyridine rings is 1. The molecule has 1 aromatic heterocycles. The molecule has 2 saturated heterocycles. The summed E-state index contributed by atoms with van der Waals surface area (Å²) in [6.45, 7) is 3.96. The molecule has 6 nitrogen and oxygen atoms in total. The van der Waals surface area contributed by atoms with Crippen molar-refractivity contribution in [2.75, 3.05) is 31.1 Å². The molecule has 2 aromatic rings. The molecule has 0 spiro atoms. The Morgan fingerprint density at radius 1 is 1.07 bits per heavy atom. The summed E-state index contributed by atoms with van der Waals surface area (Å²) in [6.07, 6.45) is 4.09. The summed E-state index contributed by atoms with van der Waals surface area (Å²) in [6, 6.07) is 9.43. The van der Waals surface area contributed by atoms with E-state index in [1.807, 2.05) is 24.3 Å². The number of rotatable bonds is 3. The molecule has 0 radical (unpaired) electrons. The fourth-order valence-electron chi connectivity index (χ4n) is 5.56. The molecule has 0 unspecified atom stereocenters. The number of aliphatic hydroxyl groups is 1. The summed E-state index contributed by atoms with van der Waals surface area (Å²) in [4.78, 5) is 21.2. The molecule has 148 valence electrons. The van der Waals surface area contributed by atoms with Crippen LogP contribution in [0.3, 0.4) is 0 Å². The topological polar surface area (TPSA) is 76.9 Å². The van der Waals surface area contributed by atoms with Crippen molar-refractivity contribution in [2.24, 2.45) is 11.8 Å². The Bertz CT molecular complexity index is 896. The summed E-state index contributed by atoms with van der Waals surface area (Å²) in [5.74, 6) is 0.824. The second-order valence-electron chi connectivity index (χ2n) is 8.62. The van der Waals surface area contributed by atoms with Gasteiger partial charge in [-0.25, -0.2) is 9.78 Å². The molecule has 0 bridgehead atoms. The van der Waals surface area contributed by atoms with Crippen LogP contribution in [0.25, 0.3) is 10.9 Å². The van der Waals surface area contributed by atoms with E-state index in [0.29, 0.717) is 22.8 Å². The normalized spacial score (nSPS) is 30.7. The van der Waals surface area contributed by atoms with Gasteiger partial charge in [-0.15, -0.1) is 0 Å². The maximum absolute atomic E-state index is 11.8. The van der Waals surface area contributed by atoms with Crippen LogP contribution in [-0.2, 0) is 0 Å². The van der Waals surface area contributed by atoms with E-state index in [1.54, 1.807) is 6.07 Å². The highest BCUT2D eigenvalue weighted by Crippen LogP contribution is 2.40. The van der Waals surface area contributed by atoms with Crippen LogP contribution in [0, 0.1) is 11.8 Å². The van der Waals surface area contributed by atoms with Gasteiger partial charge in [-0.1, -0.05) is 18.2 Å². The fourth-order valence-corrected chi connectivity index (χ4v) is 5.56. The Morgan fingerprint density at radius 3 is 2.54 bits per heavy atom. The van der Waals surface area contributed by atoms with Crippen molar-refractivity contribution in [3.05, 3.63) is 35.9 Å². The molecular formula is C22H27N3O3. The van der Waals surface area contributed by atoms with Gasteiger partial charge in [0.25, 0.3) is 0 Å². The molecule has 3 aliphatic rings. The molecule has 1 aliphatic carbocycles. The molecule has 28 heavy (non-hydrogen) atoms. The summed E-state index contributed by atoms with van der Waals surface area (Å²) in [5, 5.41) is 21.1. The largest absolute Gasteiger partial charge is 0.478 e. The summed E-state index contributed by atoms with van der Waals surface area (Å²) >= 11 is 0. The molecule has 5 rings (SSSR count). The Kier molecular flexibility index (Phi) is 4.48. The van der Waals surface area contributed by atoms with Crippen molar-refractivity contribution in [1.82, 2.24) is 9.88 Å².